The highest BCUT2D eigenvalue weighted by Crippen LogP contribution is 2.55. The standard InChI is InChI=1S/C33H30OP/c1-5-17-29(18-6-1)34-30-19-13-15-28(27-30)16-14-26-35(31-20-7-2-8-21-31,32-22-9-3-10-23-32)33-24-11-4-12-25-33/h1-13,15,17-25,27H,14,16,26H2/q+1. The van der Waals surface area contributed by atoms with Crippen LogP contribution in [0.5, 0.6) is 11.5 Å². The first-order valence-corrected chi connectivity index (χ1v) is 14.2. The van der Waals surface area contributed by atoms with E-state index in [1.165, 1.54) is 21.5 Å². The molecule has 2 heteroatoms. The average molecular weight is 474 g/mol. The van der Waals surface area contributed by atoms with Crippen molar-refractivity contribution in [3.8, 4) is 11.5 Å². The Morgan fingerprint density at radius 2 is 0.914 bits per heavy atom. The van der Waals surface area contributed by atoms with Gasteiger partial charge in [0.2, 0.25) is 0 Å². The Morgan fingerprint density at radius 3 is 1.43 bits per heavy atom. The number of ether oxygens (including phenoxy) is 1. The summed E-state index contributed by atoms with van der Waals surface area (Å²) in [5.74, 6) is 1.76. The fourth-order valence-electron chi connectivity index (χ4n) is 4.79. The fraction of sp³-hybridized carbons (Fsp3) is 0.0909. The lowest BCUT2D eigenvalue weighted by molar-refractivity contribution is 0.482. The smallest absolute Gasteiger partial charge is 0.127 e. The molecule has 1 nitrogen and oxygen atoms in total. The summed E-state index contributed by atoms with van der Waals surface area (Å²) < 4.78 is 6.08. The molecule has 5 aromatic carbocycles. The quantitative estimate of drug-likeness (QED) is 0.203. The first kappa shape index (κ1) is 23.1. The van der Waals surface area contributed by atoms with Gasteiger partial charge in [0.1, 0.15) is 34.7 Å². The Kier molecular flexibility index (Phi) is 7.37. The van der Waals surface area contributed by atoms with E-state index in [4.69, 9.17) is 4.74 Å². The van der Waals surface area contributed by atoms with Crippen LogP contribution >= 0.6 is 7.26 Å². The molecule has 0 N–H and O–H groups in total. The van der Waals surface area contributed by atoms with Crippen LogP contribution in [-0.2, 0) is 6.42 Å². The van der Waals surface area contributed by atoms with Crippen molar-refractivity contribution in [2.24, 2.45) is 0 Å². The maximum Gasteiger partial charge on any atom is 0.127 e. The van der Waals surface area contributed by atoms with Gasteiger partial charge in [-0.3, -0.25) is 0 Å². The van der Waals surface area contributed by atoms with Gasteiger partial charge < -0.3 is 4.74 Å². The minimum atomic E-state index is -1.79. The van der Waals surface area contributed by atoms with Gasteiger partial charge in [-0.25, -0.2) is 0 Å². The molecule has 0 unspecified atom stereocenters. The fourth-order valence-corrected chi connectivity index (χ4v) is 9.14. The largest absolute Gasteiger partial charge is 0.457 e. The second kappa shape index (κ2) is 11.2. The molecule has 35 heavy (non-hydrogen) atoms. The van der Waals surface area contributed by atoms with E-state index in [0.29, 0.717) is 0 Å². The Bertz CT molecular complexity index is 1220. The van der Waals surface area contributed by atoms with Gasteiger partial charge in [-0.15, -0.1) is 0 Å². The zero-order valence-electron chi connectivity index (χ0n) is 19.8. The molecular formula is C33H30OP+. The van der Waals surface area contributed by atoms with Crippen LogP contribution in [0, 0.1) is 0 Å². The number of para-hydroxylation sites is 1. The van der Waals surface area contributed by atoms with Crippen molar-refractivity contribution in [3.63, 3.8) is 0 Å². The van der Waals surface area contributed by atoms with Crippen LogP contribution in [0.2, 0.25) is 0 Å². The Hall–Kier alpha value is -3.67. The van der Waals surface area contributed by atoms with Crippen molar-refractivity contribution in [2.45, 2.75) is 12.8 Å². The minimum Gasteiger partial charge on any atom is -0.457 e. The number of rotatable bonds is 9. The van der Waals surface area contributed by atoms with E-state index in [9.17, 15) is 0 Å². The van der Waals surface area contributed by atoms with Gasteiger partial charge in [0, 0.05) is 0 Å². The van der Waals surface area contributed by atoms with Crippen LogP contribution in [0.15, 0.2) is 146 Å². The molecule has 172 valence electrons. The van der Waals surface area contributed by atoms with E-state index in [0.717, 1.165) is 30.5 Å². The predicted molar refractivity (Wildman–Crippen MR) is 151 cm³/mol. The summed E-state index contributed by atoms with van der Waals surface area (Å²) in [7, 11) is -1.79. The van der Waals surface area contributed by atoms with Crippen molar-refractivity contribution < 1.29 is 4.74 Å². The lowest BCUT2D eigenvalue weighted by Crippen LogP contribution is -2.33. The van der Waals surface area contributed by atoms with Crippen molar-refractivity contribution in [3.05, 3.63) is 151 Å². The Labute approximate surface area is 209 Å². The summed E-state index contributed by atoms with van der Waals surface area (Å²) in [6.07, 6.45) is 3.23. The van der Waals surface area contributed by atoms with Gasteiger partial charge in [-0.2, -0.15) is 0 Å². The van der Waals surface area contributed by atoms with Gasteiger partial charge >= 0.3 is 0 Å². The highest BCUT2D eigenvalue weighted by atomic mass is 31.2. The van der Waals surface area contributed by atoms with Gasteiger partial charge in [0.05, 0.1) is 6.16 Å². The van der Waals surface area contributed by atoms with Gasteiger partial charge in [-0.05, 0) is 79.1 Å². The molecule has 0 aliphatic carbocycles. The third kappa shape index (κ3) is 5.37. The maximum absolute atomic E-state index is 6.08. The molecule has 0 saturated carbocycles. The monoisotopic (exact) mass is 473 g/mol. The SMILES string of the molecule is c1ccc(Oc2cccc(CCC[P+](c3ccccc3)(c3ccccc3)c3ccccc3)c2)cc1. The van der Waals surface area contributed by atoms with Crippen molar-refractivity contribution in [1.29, 1.82) is 0 Å². The molecule has 0 saturated heterocycles. The molecule has 0 spiro atoms. The van der Waals surface area contributed by atoms with Gasteiger partial charge in [0.15, 0.2) is 0 Å². The number of benzene rings is 5. The molecule has 5 aromatic rings. The van der Waals surface area contributed by atoms with E-state index in [2.05, 4.69) is 109 Å². The maximum atomic E-state index is 6.08. The number of hydrogen-bond donors (Lipinski definition) is 0. The Morgan fingerprint density at radius 1 is 0.457 bits per heavy atom. The van der Waals surface area contributed by atoms with Gasteiger partial charge in [0.25, 0.3) is 0 Å². The minimum absolute atomic E-state index is 0.867. The van der Waals surface area contributed by atoms with Crippen LogP contribution in [0.1, 0.15) is 12.0 Å². The van der Waals surface area contributed by atoms with Crippen molar-refractivity contribution >= 4 is 23.2 Å². The van der Waals surface area contributed by atoms with Crippen LogP contribution in [0.3, 0.4) is 0 Å². The lowest BCUT2D eigenvalue weighted by Gasteiger charge is -2.27. The van der Waals surface area contributed by atoms with Gasteiger partial charge in [-0.1, -0.05) is 84.9 Å². The molecule has 0 amide bonds. The zero-order chi connectivity index (χ0) is 23.8. The van der Waals surface area contributed by atoms with Crippen molar-refractivity contribution in [2.75, 3.05) is 6.16 Å². The van der Waals surface area contributed by atoms with Crippen LogP contribution < -0.4 is 20.7 Å². The Balaban J connectivity index is 1.44. The summed E-state index contributed by atoms with van der Waals surface area (Å²) in [5, 5.41) is 4.33. The molecule has 0 heterocycles. The third-order valence-electron chi connectivity index (χ3n) is 6.43. The topological polar surface area (TPSA) is 9.23 Å². The molecular weight excluding hydrogens is 443 g/mol. The highest BCUT2D eigenvalue weighted by molar-refractivity contribution is 7.95. The third-order valence-corrected chi connectivity index (χ3v) is 11.0. The van der Waals surface area contributed by atoms with Crippen LogP contribution in [0.25, 0.3) is 0 Å². The summed E-state index contributed by atoms with van der Waals surface area (Å²) in [6.45, 7) is 0. The second-order valence-electron chi connectivity index (χ2n) is 8.71. The van der Waals surface area contributed by atoms with Crippen LogP contribution in [0.4, 0.5) is 0 Å². The van der Waals surface area contributed by atoms with Crippen LogP contribution in [-0.4, -0.2) is 6.16 Å². The zero-order valence-corrected chi connectivity index (χ0v) is 20.7. The van der Waals surface area contributed by atoms with Crippen molar-refractivity contribution in [1.82, 2.24) is 0 Å². The number of aryl methyl sites for hydroxylation is 1. The molecule has 5 rings (SSSR count). The predicted octanol–water partition coefficient (Wildman–Crippen LogP) is 7.41. The van der Waals surface area contributed by atoms with E-state index < -0.39 is 7.26 Å². The first-order chi connectivity index (χ1) is 17.3. The molecule has 0 aromatic heterocycles. The molecule has 0 bridgehead atoms. The number of hydrogen-bond acceptors (Lipinski definition) is 1. The molecule has 0 aliphatic heterocycles. The second-order valence-corrected chi connectivity index (χ2v) is 12.3. The van der Waals surface area contributed by atoms with E-state index in [1.807, 2.05) is 36.4 Å². The summed E-state index contributed by atoms with van der Waals surface area (Å²) in [6, 6.07) is 51.9. The lowest BCUT2D eigenvalue weighted by atomic mass is 10.1. The summed E-state index contributed by atoms with van der Waals surface area (Å²) in [4.78, 5) is 0. The molecule has 0 fully saturated rings. The highest BCUT2D eigenvalue weighted by Gasteiger charge is 2.44. The molecule has 0 aliphatic rings. The first-order valence-electron chi connectivity index (χ1n) is 12.2. The normalized spacial score (nSPS) is 11.2. The summed E-state index contributed by atoms with van der Waals surface area (Å²) >= 11 is 0. The van der Waals surface area contributed by atoms with E-state index in [-0.39, 0.29) is 0 Å². The van der Waals surface area contributed by atoms with E-state index >= 15 is 0 Å². The molecule has 0 radical (unpaired) electrons. The molecule has 0 atom stereocenters. The average Bonchev–Trinajstić information content (AvgIpc) is 2.93. The summed E-state index contributed by atoms with van der Waals surface area (Å²) in [5.41, 5.74) is 1.31. The van der Waals surface area contributed by atoms with E-state index in [1.54, 1.807) is 0 Å².